The van der Waals surface area contributed by atoms with Crippen molar-refractivity contribution in [2.24, 2.45) is 0 Å². The summed E-state index contributed by atoms with van der Waals surface area (Å²) in [7, 11) is 0. The van der Waals surface area contributed by atoms with Crippen molar-refractivity contribution < 1.29 is 26.7 Å². The highest BCUT2D eigenvalue weighted by atomic mass is 19.4. The van der Waals surface area contributed by atoms with Gasteiger partial charge >= 0.3 is 6.18 Å². The Labute approximate surface area is 210 Å². The molecular weight excluding hydrogens is 495 g/mol. The fourth-order valence-electron chi connectivity index (χ4n) is 4.63. The summed E-state index contributed by atoms with van der Waals surface area (Å²) in [6, 6.07) is 5.95. The Morgan fingerprint density at radius 3 is 2.14 bits per heavy atom. The lowest BCUT2D eigenvalue weighted by atomic mass is 10.1. The number of alkyl halides is 3. The first kappa shape index (κ1) is 25.1. The van der Waals surface area contributed by atoms with Crippen LogP contribution in [0.25, 0.3) is 11.3 Å². The van der Waals surface area contributed by atoms with Crippen LogP contribution in [0.5, 0.6) is 0 Å². The standard InChI is InChI=1S/C25H25F5N6O/c1-16-21(17-4-5-19(26)20(27)15-17)32-24(36-11-13-37-14-12-36)33-22(16)34-7-9-35(10-8-34)23-18(25(28,29)30)3-2-6-31-23/h2-6,15H,7-14H2,1H3. The number of hydrogen-bond donors (Lipinski definition) is 0. The van der Waals surface area contributed by atoms with Crippen molar-refractivity contribution in [3.05, 3.63) is 59.3 Å². The molecule has 2 aromatic heterocycles. The number of halogens is 5. The number of rotatable bonds is 4. The number of aromatic nitrogens is 3. The van der Waals surface area contributed by atoms with Crippen LogP contribution < -0.4 is 14.7 Å². The Balaban J connectivity index is 1.47. The molecule has 2 saturated heterocycles. The molecule has 0 unspecified atom stereocenters. The van der Waals surface area contributed by atoms with E-state index in [1.54, 1.807) is 4.90 Å². The molecule has 3 aromatic rings. The van der Waals surface area contributed by atoms with Gasteiger partial charge in [0, 0.05) is 56.6 Å². The smallest absolute Gasteiger partial charge is 0.378 e. The predicted molar refractivity (Wildman–Crippen MR) is 129 cm³/mol. The molecular formula is C25H25F5N6O. The van der Waals surface area contributed by atoms with Crippen LogP contribution in [0, 0.1) is 18.6 Å². The quantitative estimate of drug-likeness (QED) is 0.476. The lowest BCUT2D eigenvalue weighted by Gasteiger charge is -2.38. The number of morpholine rings is 1. The van der Waals surface area contributed by atoms with E-state index >= 15 is 0 Å². The third kappa shape index (κ3) is 5.15. The molecule has 0 amide bonds. The van der Waals surface area contributed by atoms with Crippen LogP contribution in [0.2, 0.25) is 0 Å². The van der Waals surface area contributed by atoms with Crippen LogP contribution in [-0.2, 0) is 10.9 Å². The minimum atomic E-state index is -4.50. The van der Waals surface area contributed by atoms with Gasteiger partial charge in [0.1, 0.15) is 11.6 Å². The van der Waals surface area contributed by atoms with E-state index in [0.29, 0.717) is 81.1 Å². The number of pyridine rings is 1. The van der Waals surface area contributed by atoms with Gasteiger partial charge in [-0.15, -0.1) is 0 Å². The summed E-state index contributed by atoms with van der Waals surface area (Å²) in [5.41, 5.74) is 0.788. The van der Waals surface area contributed by atoms with Crippen molar-refractivity contribution in [1.82, 2.24) is 15.0 Å². The lowest BCUT2D eigenvalue weighted by Crippen LogP contribution is -2.48. The highest BCUT2D eigenvalue weighted by Crippen LogP contribution is 2.36. The van der Waals surface area contributed by atoms with Crippen molar-refractivity contribution in [3.63, 3.8) is 0 Å². The van der Waals surface area contributed by atoms with Crippen molar-refractivity contribution in [3.8, 4) is 11.3 Å². The van der Waals surface area contributed by atoms with Gasteiger partial charge in [-0.25, -0.2) is 18.7 Å². The van der Waals surface area contributed by atoms with E-state index in [4.69, 9.17) is 14.7 Å². The van der Waals surface area contributed by atoms with Gasteiger partial charge in [-0.1, -0.05) is 0 Å². The van der Waals surface area contributed by atoms with E-state index in [0.717, 1.165) is 18.2 Å². The van der Waals surface area contributed by atoms with Gasteiger partial charge in [-0.2, -0.15) is 18.2 Å². The Morgan fingerprint density at radius 2 is 1.49 bits per heavy atom. The fourth-order valence-corrected chi connectivity index (χ4v) is 4.63. The average Bonchev–Trinajstić information content (AvgIpc) is 2.91. The lowest BCUT2D eigenvalue weighted by molar-refractivity contribution is -0.137. The molecule has 37 heavy (non-hydrogen) atoms. The zero-order chi connectivity index (χ0) is 26.2. The van der Waals surface area contributed by atoms with Crippen LogP contribution in [0.4, 0.5) is 39.5 Å². The summed E-state index contributed by atoms with van der Waals surface area (Å²) >= 11 is 0. The maximum absolute atomic E-state index is 14.1. The van der Waals surface area contributed by atoms with Crippen LogP contribution in [0.1, 0.15) is 11.1 Å². The second-order valence-electron chi connectivity index (χ2n) is 8.90. The monoisotopic (exact) mass is 520 g/mol. The molecule has 2 aliphatic heterocycles. The minimum Gasteiger partial charge on any atom is -0.378 e. The van der Waals surface area contributed by atoms with Crippen LogP contribution >= 0.6 is 0 Å². The first-order chi connectivity index (χ1) is 17.7. The average molecular weight is 521 g/mol. The molecule has 196 valence electrons. The van der Waals surface area contributed by atoms with E-state index in [9.17, 15) is 22.0 Å². The summed E-state index contributed by atoms with van der Waals surface area (Å²) in [5, 5.41) is 0. The normalized spacial score (nSPS) is 16.9. The number of ether oxygens (including phenoxy) is 1. The van der Waals surface area contributed by atoms with Gasteiger partial charge in [0.25, 0.3) is 0 Å². The first-order valence-electron chi connectivity index (χ1n) is 11.9. The summed E-state index contributed by atoms with van der Waals surface area (Å²) in [6.07, 6.45) is -3.15. The summed E-state index contributed by atoms with van der Waals surface area (Å²) in [6.45, 7) is 5.38. The second-order valence-corrected chi connectivity index (χ2v) is 8.90. The molecule has 0 spiro atoms. The molecule has 1 aromatic carbocycles. The van der Waals surface area contributed by atoms with Crippen LogP contribution in [0.3, 0.4) is 0 Å². The number of nitrogens with zero attached hydrogens (tertiary/aromatic N) is 6. The molecule has 12 heteroatoms. The number of benzene rings is 1. The Kier molecular flexibility index (Phi) is 6.84. The van der Waals surface area contributed by atoms with Gasteiger partial charge in [-0.05, 0) is 37.3 Å². The maximum atomic E-state index is 14.1. The zero-order valence-electron chi connectivity index (χ0n) is 20.1. The summed E-state index contributed by atoms with van der Waals surface area (Å²) < 4.78 is 73.7. The zero-order valence-corrected chi connectivity index (χ0v) is 20.1. The SMILES string of the molecule is Cc1c(-c2ccc(F)c(F)c2)nc(N2CCOCC2)nc1N1CCN(c2ncccc2C(F)(F)F)CC1. The molecule has 0 aliphatic carbocycles. The molecule has 2 fully saturated rings. The largest absolute Gasteiger partial charge is 0.419 e. The summed E-state index contributed by atoms with van der Waals surface area (Å²) in [5.74, 6) is -0.976. The van der Waals surface area contributed by atoms with E-state index < -0.39 is 23.4 Å². The van der Waals surface area contributed by atoms with Crippen molar-refractivity contribution >= 4 is 17.6 Å². The third-order valence-electron chi connectivity index (χ3n) is 6.57. The van der Waals surface area contributed by atoms with Gasteiger partial charge < -0.3 is 19.4 Å². The maximum Gasteiger partial charge on any atom is 0.419 e. The van der Waals surface area contributed by atoms with Gasteiger partial charge in [0.2, 0.25) is 5.95 Å². The van der Waals surface area contributed by atoms with Crippen molar-refractivity contribution in [2.45, 2.75) is 13.1 Å². The molecule has 0 radical (unpaired) electrons. The molecule has 7 nitrogen and oxygen atoms in total. The number of piperazine rings is 1. The predicted octanol–water partition coefficient (Wildman–Crippen LogP) is 4.31. The molecule has 0 atom stereocenters. The Bertz CT molecular complexity index is 1270. The van der Waals surface area contributed by atoms with Gasteiger partial charge in [0.15, 0.2) is 11.6 Å². The molecule has 0 saturated carbocycles. The summed E-state index contributed by atoms with van der Waals surface area (Å²) in [4.78, 5) is 19.1. The second kappa shape index (κ2) is 10.1. The van der Waals surface area contributed by atoms with Gasteiger partial charge in [-0.3, -0.25) is 0 Å². The highest BCUT2D eigenvalue weighted by Gasteiger charge is 2.36. The van der Waals surface area contributed by atoms with E-state index in [1.807, 2.05) is 16.7 Å². The third-order valence-corrected chi connectivity index (χ3v) is 6.57. The Morgan fingerprint density at radius 1 is 0.811 bits per heavy atom. The Hall–Kier alpha value is -3.54. The molecule has 2 aliphatic rings. The molecule has 4 heterocycles. The van der Waals surface area contributed by atoms with Crippen molar-refractivity contribution in [1.29, 1.82) is 0 Å². The van der Waals surface area contributed by atoms with E-state index in [-0.39, 0.29) is 5.82 Å². The highest BCUT2D eigenvalue weighted by molar-refractivity contribution is 5.71. The number of anilines is 3. The molecule has 5 rings (SSSR count). The van der Waals surface area contributed by atoms with Gasteiger partial charge in [0.05, 0.1) is 24.5 Å². The van der Waals surface area contributed by atoms with E-state index in [1.165, 1.54) is 18.3 Å². The van der Waals surface area contributed by atoms with Crippen molar-refractivity contribution in [2.75, 3.05) is 67.2 Å². The number of hydrogen-bond acceptors (Lipinski definition) is 7. The molecule has 0 N–H and O–H groups in total. The van der Waals surface area contributed by atoms with Crippen LogP contribution in [0.15, 0.2) is 36.5 Å². The molecule has 0 bridgehead atoms. The topological polar surface area (TPSA) is 57.6 Å². The fraction of sp³-hybridized carbons (Fsp3) is 0.400. The minimum absolute atomic E-state index is 0.0921. The first-order valence-corrected chi connectivity index (χ1v) is 11.9. The van der Waals surface area contributed by atoms with E-state index in [2.05, 4.69) is 4.98 Å². The van der Waals surface area contributed by atoms with Crippen LogP contribution in [-0.4, -0.2) is 67.4 Å².